The smallest absolute Gasteiger partial charge is 0.132 e. The molecule has 0 saturated heterocycles. The van der Waals surface area contributed by atoms with Gasteiger partial charge in [0.2, 0.25) is 0 Å². The minimum atomic E-state index is -0.429. The summed E-state index contributed by atoms with van der Waals surface area (Å²) in [6.07, 6.45) is 8.72. The van der Waals surface area contributed by atoms with Gasteiger partial charge in [0.1, 0.15) is 11.9 Å². The van der Waals surface area contributed by atoms with E-state index >= 15 is 0 Å². The number of nitrogens with zero attached hydrogens (tertiary/aromatic N) is 1. The van der Waals surface area contributed by atoms with E-state index in [1.807, 2.05) is 0 Å². The first-order valence-corrected chi connectivity index (χ1v) is 21.3. The summed E-state index contributed by atoms with van der Waals surface area (Å²) in [6, 6.07) is 66.1. The van der Waals surface area contributed by atoms with Crippen molar-refractivity contribution in [1.82, 2.24) is 0 Å². The van der Waals surface area contributed by atoms with Gasteiger partial charge in [-0.2, -0.15) is 0 Å². The normalized spacial score (nSPS) is 18.1. The zero-order chi connectivity index (χ0) is 39.7. The van der Waals surface area contributed by atoms with Gasteiger partial charge >= 0.3 is 0 Å². The van der Waals surface area contributed by atoms with E-state index in [0.29, 0.717) is 0 Å². The molecule has 60 heavy (non-hydrogen) atoms. The Balaban J connectivity index is 1.04. The van der Waals surface area contributed by atoms with Crippen molar-refractivity contribution < 1.29 is 4.74 Å². The molecule has 1 spiro atoms. The van der Waals surface area contributed by atoms with E-state index < -0.39 is 5.41 Å². The second-order valence-electron chi connectivity index (χ2n) is 17.5. The van der Waals surface area contributed by atoms with Gasteiger partial charge in [0.25, 0.3) is 0 Å². The van der Waals surface area contributed by atoms with Gasteiger partial charge in [0.05, 0.1) is 11.1 Å². The number of ether oxygens (including phenoxy) is 1. The summed E-state index contributed by atoms with van der Waals surface area (Å²) >= 11 is 0. The van der Waals surface area contributed by atoms with E-state index in [2.05, 4.69) is 219 Å². The Morgan fingerprint density at radius 3 is 1.73 bits per heavy atom. The largest absolute Gasteiger partial charge is 0.484 e. The SMILES string of the molecule is CC1(C)c2ccccc2-c2ccc(N(c3ccc(-c4cccc5c4OC4C=CC=CC54)cc3)c3cccc4c3-c3ccccc3C43c4ccccc4-c4ccccc43)cc21. The maximum atomic E-state index is 6.63. The van der Waals surface area contributed by atoms with Gasteiger partial charge in [-0.15, -0.1) is 0 Å². The molecule has 0 fully saturated rings. The van der Waals surface area contributed by atoms with Crippen LogP contribution in [0.4, 0.5) is 17.1 Å². The first kappa shape index (κ1) is 33.8. The maximum absolute atomic E-state index is 6.63. The number of allylic oxidation sites excluding steroid dienone is 2. The van der Waals surface area contributed by atoms with Gasteiger partial charge in [0, 0.05) is 39.4 Å². The second kappa shape index (κ2) is 12.2. The zero-order valence-corrected chi connectivity index (χ0v) is 33.6. The predicted molar refractivity (Wildman–Crippen MR) is 246 cm³/mol. The number of benzene rings is 8. The van der Waals surface area contributed by atoms with Crippen molar-refractivity contribution >= 4 is 17.1 Å². The topological polar surface area (TPSA) is 12.5 Å². The molecule has 284 valence electrons. The lowest BCUT2D eigenvalue weighted by atomic mass is 9.70. The molecule has 13 rings (SSSR count). The van der Waals surface area contributed by atoms with Crippen LogP contribution in [0.5, 0.6) is 5.75 Å². The Hall–Kier alpha value is -7.16. The molecule has 0 radical (unpaired) electrons. The quantitative estimate of drug-likeness (QED) is 0.177. The van der Waals surface area contributed by atoms with Crippen molar-refractivity contribution in [3.63, 3.8) is 0 Å². The van der Waals surface area contributed by atoms with Crippen LogP contribution in [0, 0.1) is 0 Å². The van der Waals surface area contributed by atoms with Gasteiger partial charge in [0.15, 0.2) is 0 Å². The lowest BCUT2D eigenvalue weighted by Gasteiger charge is -2.32. The van der Waals surface area contributed by atoms with Crippen molar-refractivity contribution in [1.29, 1.82) is 0 Å². The molecule has 1 heterocycles. The van der Waals surface area contributed by atoms with Crippen LogP contribution >= 0.6 is 0 Å². The molecular formula is C58H41NO. The molecule has 1 aliphatic heterocycles. The second-order valence-corrected chi connectivity index (χ2v) is 17.5. The Bertz CT molecular complexity index is 3140. The molecule has 2 heteroatoms. The summed E-state index contributed by atoms with van der Waals surface area (Å²) in [4.78, 5) is 2.51. The van der Waals surface area contributed by atoms with E-state index in [1.165, 1.54) is 78.0 Å². The summed E-state index contributed by atoms with van der Waals surface area (Å²) in [5.74, 6) is 1.24. The first-order valence-electron chi connectivity index (χ1n) is 21.3. The summed E-state index contributed by atoms with van der Waals surface area (Å²) in [6.45, 7) is 4.75. The fraction of sp³-hybridized carbons (Fsp3) is 0.103. The molecule has 0 saturated carbocycles. The molecule has 0 N–H and O–H groups in total. The average Bonchev–Trinajstić information content (AvgIpc) is 3.99. The van der Waals surface area contributed by atoms with Gasteiger partial charge in [-0.1, -0.05) is 178 Å². The van der Waals surface area contributed by atoms with E-state index in [1.54, 1.807) is 0 Å². The fourth-order valence-electron chi connectivity index (χ4n) is 11.7. The third kappa shape index (κ3) is 4.33. The van der Waals surface area contributed by atoms with Crippen LogP contribution in [0.1, 0.15) is 58.7 Å². The van der Waals surface area contributed by atoms with Crippen molar-refractivity contribution in [3.8, 4) is 50.3 Å². The number of hydrogen-bond acceptors (Lipinski definition) is 2. The van der Waals surface area contributed by atoms with Gasteiger partial charge in [-0.3, -0.25) is 0 Å². The molecule has 4 aliphatic carbocycles. The molecule has 0 amide bonds. The zero-order valence-electron chi connectivity index (χ0n) is 33.6. The Morgan fingerprint density at radius 2 is 1.00 bits per heavy atom. The number of rotatable bonds is 4. The van der Waals surface area contributed by atoms with Crippen molar-refractivity contribution in [2.75, 3.05) is 4.90 Å². The highest BCUT2D eigenvalue weighted by Gasteiger charge is 2.52. The molecule has 0 bridgehead atoms. The number of hydrogen-bond donors (Lipinski definition) is 0. The average molecular weight is 768 g/mol. The highest BCUT2D eigenvalue weighted by Crippen LogP contribution is 2.65. The van der Waals surface area contributed by atoms with Crippen LogP contribution in [0.25, 0.3) is 44.5 Å². The van der Waals surface area contributed by atoms with Crippen molar-refractivity contribution in [2.24, 2.45) is 0 Å². The molecular weight excluding hydrogens is 727 g/mol. The van der Waals surface area contributed by atoms with Gasteiger partial charge in [-0.25, -0.2) is 0 Å². The number of fused-ring (bicyclic) bond motifs is 16. The number of anilines is 3. The Morgan fingerprint density at radius 1 is 0.450 bits per heavy atom. The molecule has 2 atom stereocenters. The third-order valence-corrected chi connectivity index (χ3v) is 14.2. The number of para-hydroxylation sites is 1. The minimum absolute atomic E-state index is 0.0428. The molecule has 2 nitrogen and oxygen atoms in total. The molecule has 8 aromatic carbocycles. The van der Waals surface area contributed by atoms with E-state index in [4.69, 9.17) is 4.74 Å². The maximum Gasteiger partial charge on any atom is 0.132 e. The summed E-state index contributed by atoms with van der Waals surface area (Å²) < 4.78 is 6.63. The summed E-state index contributed by atoms with van der Waals surface area (Å²) in [5.41, 5.74) is 22.4. The highest BCUT2D eigenvalue weighted by molar-refractivity contribution is 6.01. The van der Waals surface area contributed by atoms with Crippen LogP contribution < -0.4 is 9.64 Å². The highest BCUT2D eigenvalue weighted by atomic mass is 16.5. The van der Waals surface area contributed by atoms with E-state index in [9.17, 15) is 0 Å². The van der Waals surface area contributed by atoms with Crippen LogP contribution in [0.3, 0.4) is 0 Å². The summed E-state index contributed by atoms with van der Waals surface area (Å²) in [7, 11) is 0. The van der Waals surface area contributed by atoms with Crippen LogP contribution in [-0.4, -0.2) is 6.10 Å². The molecule has 0 aromatic heterocycles. The third-order valence-electron chi connectivity index (χ3n) is 14.2. The molecule has 2 unspecified atom stereocenters. The monoisotopic (exact) mass is 767 g/mol. The minimum Gasteiger partial charge on any atom is -0.484 e. The fourth-order valence-corrected chi connectivity index (χ4v) is 11.7. The molecule has 8 aromatic rings. The summed E-state index contributed by atoms with van der Waals surface area (Å²) in [5, 5.41) is 0. The van der Waals surface area contributed by atoms with Crippen LogP contribution in [0.2, 0.25) is 0 Å². The van der Waals surface area contributed by atoms with Crippen LogP contribution in [-0.2, 0) is 10.8 Å². The van der Waals surface area contributed by atoms with E-state index in [-0.39, 0.29) is 17.4 Å². The van der Waals surface area contributed by atoms with Gasteiger partial charge < -0.3 is 9.64 Å². The molecule has 5 aliphatic rings. The first-order chi connectivity index (χ1) is 29.5. The Kier molecular flexibility index (Phi) is 6.86. The van der Waals surface area contributed by atoms with Crippen LogP contribution in [0.15, 0.2) is 200 Å². The van der Waals surface area contributed by atoms with Crippen molar-refractivity contribution in [3.05, 3.63) is 239 Å². The van der Waals surface area contributed by atoms with Crippen molar-refractivity contribution in [2.45, 2.75) is 36.7 Å². The van der Waals surface area contributed by atoms with E-state index in [0.717, 1.165) is 28.3 Å². The lowest BCUT2D eigenvalue weighted by Crippen LogP contribution is -2.26. The predicted octanol–water partition coefficient (Wildman–Crippen LogP) is 14.4. The van der Waals surface area contributed by atoms with Gasteiger partial charge in [-0.05, 0) is 103 Å². The Labute approximate surface area is 351 Å². The lowest BCUT2D eigenvalue weighted by molar-refractivity contribution is 0.270. The standard InChI is InChI=1S/C58H41NO/c1-57(2)47-22-8-3-15-40(47)43-34-33-38(35-52(43)57)59(37-31-29-36(30-32-37)39-20-13-21-45-44-18-7-12-28-54(44)60-56(39)45)53-27-14-26-51-55(53)46-19-6-11-25-50(46)58(51)48-23-9-4-16-41(48)42-17-5-10-24-49(42)58/h3-35,44,54H,1-2H3.